The molecule has 1 aliphatic rings. The lowest BCUT2D eigenvalue weighted by Crippen LogP contribution is -2.39. The van der Waals surface area contributed by atoms with Gasteiger partial charge in [0.2, 0.25) is 0 Å². The molecule has 4 nitrogen and oxygen atoms in total. The summed E-state index contributed by atoms with van der Waals surface area (Å²) in [6.07, 6.45) is 4.31. The van der Waals surface area contributed by atoms with E-state index in [1.165, 1.54) is 12.8 Å². The third-order valence-corrected chi connectivity index (χ3v) is 3.14. The Morgan fingerprint density at radius 3 is 2.59 bits per heavy atom. The van der Waals surface area contributed by atoms with E-state index in [-0.39, 0.29) is 12.6 Å². The highest BCUT2D eigenvalue weighted by Crippen LogP contribution is 2.27. The standard InChI is InChI=1S/C13H26N2O2/c1-10(2)7-12(5-6-16)9-15-13(17)14-8-11-3-4-11/h10-12,16H,3-9H2,1-2H3,(H2,14,15,17). The molecule has 100 valence electrons. The van der Waals surface area contributed by atoms with E-state index in [0.717, 1.165) is 19.4 Å². The first-order valence-corrected chi connectivity index (χ1v) is 6.74. The van der Waals surface area contributed by atoms with Gasteiger partial charge in [0.1, 0.15) is 0 Å². The van der Waals surface area contributed by atoms with Crippen molar-refractivity contribution >= 4 is 6.03 Å². The lowest BCUT2D eigenvalue weighted by molar-refractivity contribution is 0.225. The molecule has 0 bridgehead atoms. The van der Waals surface area contributed by atoms with Crippen LogP contribution in [0.25, 0.3) is 0 Å². The largest absolute Gasteiger partial charge is 0.396 e. The first kappa shape index (κ1) is 14.3. The Labute approximate surface area is 104 Å². The molecule has 2 amide bonds. The molecule has 1 fully saturated rings. The molecule has 0 heterocycles. The van der Waals surface area contributed by atoms with Crippen LogP contribution in [0, 0.1) is 17.8 Å². The number of carbonyl (C=O) groups excluding carboxylic acids is 1. The van der Waals surface area contributed by atoms with Crippen LogP contribution in [0.3, 0.4) is 0 Å². The van der Waals surface area contributed by atoms with Crippen molar-refractivity contribution in [1.82, 2.24) is 10.6 Å². The Balaban J connectivity index is 2.12. The average molecular weight is 242 g/mol. The smallest absolute Gasteiger partial charge is 0.314 e. The number of amides is 2. The number of hydrogen-bond donors (Lipinski definition) is 3. The van der Waals surface area contributed by atoms with Crippen LogP contribution in [0.5, 0.6) is 0 Å². The fraction of sp³-hybridized carbons (Fsp3) is 0.923. The molecular formula is C13H26N2O2. The molecule has 1 atom stereocenters. The van der Waals surface area contributed by atoms with E-state index in [1.54, 1.807) is 0 Å². The lowest BCUT2D eigenvalue weighted by atomic mass is 9.94. The Kier molecular flexibility index (Phi) is 6.34. The van der Waals surface area contributed by atoms with Crippen LogP contribution in [0.4, 0.5) is 4.79 Å². The van der Waals surface area contributed by atoms with Crippen molar-refractivity contribution in [3.8, 4) is 0 Å². The Morgan fingerprint density at radius 2 is 2.06 bits per heavy atom. The number of carbonyl (C=O) groups is 1. The molecule has 0 spiro atoms. The van der Waals surface area contributed by atoms with E-state index in [9.17, 15) is 4.79 Å². The molecule has 0 aromatic heterocycles. The summed E-state index contributed by atoms with van der Waals surface area (Å²) < 4.78 is 0. The van der Waals surface area contributed by atoms with Crippen molar-refractivity contribution in [2.75, 3.05) is 19.7 Å². The first-order chi connectivity index (χ1) is 8.11. The molecule has 1 rings (SSSR count). The molecule has 0 aliphatic heterocycles. The Morgan fingerprint density at radius 1 is 1.35 bits per heavy atom. The minimum atomic E-state index is -0.0661. The summed E-state index contributed by atoms with van der Waals surface area (Å²) in [6.45, 7) is 5.99. The van der Waals surface area contributed by atoms with Crippen molar-refractivity contribution in [2.45, 2.75) is 39.5 Å². The summed E-state index contributed by atoms with van der Waals surface area (Å²) in [5, 5.41) is 14.7. The van der Waals surface area contributed by atoms with E-state index in [2.05, 4.69) is 24.5 Å². The molecule has 4 heteroatoms. The van der Waals surface area contributed by atoms with Gasteiger partial charge in [-0.1, -0.05) is 13.8 Å². The third kappa shape index (κ3) is 7.21. The highest BCUT2D eigenvalue weighted by molar-refractivity contribution is 5.73. The summed E-state index contributed by atoms with van der Waals surface area (Å²) in [7, 11) is 0. The molecule has 3 N–H and O–H groups in total. The van der Waals surface area contributed by atoms with Crippen molar-refractivity contribution in [3.05, 3.63) is 0 Å². The van der Waals surface area contributed by atoms with Crippen LogP contribution in [0.2, 0.25) is 0 Å². The number of urea groups is 1. The molecule has 1 aliphatic carbocycles. The zero-order valence-corrected chi connectivity index (χ0v) is 11.0. The van der Waals surface area contributed by atoms with E-state index in [1.807, 2.05) is 0 Å². The van der Waals surface area contributed by atoms with E-state index < -0.39 is 0 Å². The third-order valence-electron chi connectivity index (χ3n) is 3.14. The maximum absolute atomic E-state index is 11.5. The number of aliphatic hydroxyl groups excluding tert-OH is 1. The van der Waals surface area contributed by atoms with E-state index >= 15 is 0 Å². The maximum atomic E-state index is 11.5. The molecule has 0 radical (unpaired) electrons. The van der Waals surface area contributed by atoms with Crippen molar-refractivity contribution in [1.29, 1.82) is 0 Å². The van der Waals surface area contributed by atoms with Gasteiger partial charge in [-0.05, 0) is 43.4 Å². The normalized spacial score (nSPS) is 16.9. The molecule has 0 saturated heterocycles. The van der Waals surface area contributed by atoms with Gasteiger partial charge < -0.3 is 15.7 Å². The Hall–Kier alpha value is -0.770. The second-order valence-electron chi connectivity index (χ2n) is 5.54. The first-order valence-electron chi connectivity index (χ1n) is 6.74. The number of aliphatic hydroxyl groups is 1. The van der Waals surface area contributed by atoms with Gasteiger partial charge in [-0.15, -0.1) is 0 Å². The maximum Gasteiger partial charge on any atom is 0.314 e. The monoisotopic (exact) mass is 242 g/mol. The molecule has 17 heavy (non-hydrogen) atoms. The van der Waals surface area contributed by atoms with Crippen LogP contribution in [0.1, 0.15) is 39.5 Å². The van der Waals surface area contributed by atoms with E-state index in [0.29, 0.717) is 24.3 Å². The quantitative estimate of drug-likeness (QED) is 0.607. The molecule has 0 aromatic carbocycles. The highest BCUT2D eigenvalue weighted by Gasteiger charge is 2.21. The summed E-state index contributed by atoms with van der Waals surface area (Å²) in [6, 6.07) is -0.0661. The summed E-state index contributed by atoms with van der Waals surface area (Å²) in [4.78, 5) is 11.5. The lowest BCUT2D eigenvalue weighted by Gasteiger charge is -2.18. The van der Waals surface area contributed by atoms with Gasteiger partial charge in [-0.25, -0.2) is 4.79 Å². The van der Waals surface area contributed by atoms with Gasteiger partial charge in [-0.3, -0.25) is 0 Å². The Bertz CT molecular complexity index is 227. The van der Waals surface area contributed by atoms with Crippen LogP contribution < -0.4 is 10.6 Å². The van der Waals surface area contributed by atoms with E-state index in [4.69, 9.17) is 5.11 Å². The summed E-state index contributed by atoms with van der Waals surface area (Å²) in [5.41, 5.74) is 0. The average Bonchev–Trinajstić information content (AvgIpc) is 3.06. The van der Waals surface area contributed by atoms with Gasteiger partial charge in [0.25, 0.3) is 0 Å². The second kappa shape index (κ2) is 7.54. The van der Waals surface area contributed by atoms with Gasteiger partial charge in [0, 0.05) is 19.7 Å². The topological polar surface area (TPSA) is 61.4 Å². The summed E-state index contributed by atoms with van der Waals surface area (Å²) >= 11 is 0. The fourth-order valence-corrected chi connectivity index (χ4v) is 2.01. The number of hydrogen-bond acceptors (Lipinski definition) is 2. The van der Waals surface area contributed by atoms with Crippen LogP contribution in [0.15, 0.2) is 0 Å². The predicted octanol–water partition coefficient (Wildman–Crippen LogP) is 1.74. The molecule has 1 saturated carbocycles. The van der Waals surface area contributed by atoms with Crippen molar-refractivity contribution in [2.24, 2.45) is 17.8 Å². The van der Waals surface area contributed by atoms with Gasteiger partial charge in [0.15, 0.2) is 0 Å². The van der Waals surface area contributed by atoms with Crippen molar-refractivity contribution < 1.29 is 9.90 Å². The van der Waals surface area contributed by atoms with Crippen LogP contribution in [-0.4, -0.2) is 30.8 Å². The second-order valence-corrected chi connectivity index (χ2v) is 5.54. The zero-order valence-electron chi connectivity index (χ0n) is 11.0. The van der Waals surface area contributed by atoms with Crippen LogP contribution >= 0.6 is 0 Å². The SMILES string of the molecule is CC(C)CC(CCO)CNC(=O)NCC1CC1. The zero-order chi connectivity index (χ0) is 12.7. The summed E-state index contributed by atoms with van der Waals surface area (Å²) in [5.74, 6) is 1.69. The number of rotatable bonds is 8. The predicted molar refractivity (Wildman–Crippen MR) is 68.8 cm³/mol. The van der Waals surface area contributed by atoms with Gasteiger partial charge >= 0.3 is 6.03 Å². The van der Waals surface area contributed by atoms with Crippen LogP contribution in [-0.2, 0) is 0 Å². The minimum Gasteiger partial charge on any atom is -0.396 e. The highest BCUT2D eigenvalue weighted by atomic mass is 16.3. The molecule has 0 aromatic rings. The fourth-order valence-electron chi connectivity index (χ4n) is 2.01. The van der Waals surface area contributed by atoms with Crippen molar-refractivity contribution in [3.63, 3.8) is 0 Å². The molecule has 1 unspecified atom stereocenters. The number of nitrogens with one attached hydrogen (secondary N) is 2. The van der Waals surface area contributed by atoms with Gasteiger partial charge in [-0.2, -0.15) is 0 Å². The minimum absolute atomic E-state index is 0.0661. The van der Waals surface area contributed by atoms with Gasteiger partial charge in [0.05, 0.1) is 0 Å². The molecular weight excluding hydrogens is 216 g/mol.